The number of ketones is 1. The topological polar surface area (TPSA) is 32.3 Å². The Morgan fingerprint density at radius 1 is 1.32 bits per heavy atom. The second-order valence-electron chi connectivity index (χ2n) is 4.63. The Morgan fingerprint density at radius 3 is 2.63 bits per heavy atom. The maximum absolute atomic E-state index is 12.0. The molecule has 1 N–H and O–H groups in total. The SMILES string of the molecule is CC1CNCCN1CCC(=O)c1ccccc1.Cl.Cl. The first kappa shape index (κ1) is 18.4. The van der Waals surface area contributed by atoms with Crippen LogP contribution in [-0.4, -0.2) is 42.9 Å². The number of piperazine rings is 1. The highest BCUT2D eigenvalue weighted by molar-refractivity contribution is 5.96. The van der Waals surface area contributed by atoms with Gasteiger partial charge in [0.25, 0.3) is 0 Å². The number of rotatable bonds is 4. The van der Waals surface area contributed by atoms with Gasteiger partial charge >= 0.3 is 0 Å². The van der Waals surface area contributed by atoms with Crippen LogP contribution in [0.25, 0.3) is 0 Å². The number of nitrogens with zero attached hydrogens (tertiary/aromatic N) is 1. The van der Waals surface area contributed by atoms with Crippen LogP contribution in [0.15, 0.2) is 30.3 Å². The summed E-state index contributed by atoms with van der Waals surface area (Å²) in [6.45, 7) is 6.18. The third kappa shape index (κ3) is 5.49. The molecule has 1 aliphatic rings. The molecule has 1 aromatic carbocycles. The molecule has 0 saturated carbocycles. The lowest BCUT2D eigenvalue weighted by molar-refractivity contribution is 0.0942. The third-order valence-corrected chi connectivity index (χ3v) is 3.36. The van der Waals surface area contributed by atoms with Crippen molar-refractivity contribution in [2.24, 2.45) is 0 Å². The average Bonchev–Trinajstić information content (AvgIpc) is 2.38. The van der Waals surface area contributed by atoms with E-state index in [0.717, 1.165) is 31.7 Å². The monoisotopic (exact) mass is 304 g/mol. The van der Waals surface area contributed by atoms with E-state index in [9.17, 15) is 4.79 Å². The van der Waals surface area contributed by atoms with Gasteiger partial charge in [-0.15, -0.1) is 24.8 Å². The number of carbonyl (C=O) groups excluding carboxylic acids is 1. The number of carbonyl (C=O) groups is 1. The fourth-order valence-corrected chi connectivity index (χ4v) is 2.23. The van der Waals surface area contributed by atoms with Crippen LogP contribution < -0.4 is 5.32 Å². The highest BCUT2D eigenvalue weighted by Gasteiger charge is 2.18. The Bertz CT molecular complexity index is 373. The molecular weight excluding hydrogens is 283 g/mol. The van der Waals surface area contributed by atoms with Crippen LogP contribution >= 0.6 is 24.8 Å². The predicted octanol–water partition coefficient (Wildman–Crippen LogP) is 2.40. The summed E-state index contributed by atoms with van der Waals surface area (Å²) in [5, 5.41) is 3.36. The maximum atomic E-state index is 12.0. The van der Waals surface area contributed by atoms with E-state index in [1.807, 2.05) is 30.3 Å². The summed E-state index contributed by atoms with van der Waals surface area (Å²) >= 11 is 0. The van der Waals surface area contributed by atoms with Crippen molar-refractivity contribution in [1.29, 1.82) is 0 Å². The molecule has 1 atom stereocenters. The molecule has 1 unspecified atom stereocenters. The van der Waals surface area contributed by atoms with E-state index in [1.165, 1.54) is 0 Å². The van der Waals surface area contributed by atoms with Gasteiger partial charge in [-0.2, -0.15) is 0 Å². The fraction of sp³-hybridized carbons (Fsp3) is 0.500. The zero-order valence-corrected chi connectivity index (χ0v) is 12.8. The molecule has 3 nitrogen and oxygen atoms in total. The van der Waals surface area contributed by atoms with Gasteiger partial charge < -0.3 is 5.32 Å². The van der Waals surface area contributed by atoms with E-state index >= 15 is 0 Å². The number of nitrogens with one attached hydrogen (secondary N) is 1. The van der Waals surface area contributed by atoms with E-state index in [2.05, 4.69) is 17.1 Å². The standard InChI is InChI=1S/C14H20N2O.2ClH/c1-12-11-15-8-10-16(12)9-7-14(17)13-5-3-2-4-6-13;;/h2-6,12,15H,7-11H2,1H3;2*1H. The van der Waals surface area contributed by atoms with Crippen molar-refractivity contribution >= 4 is 30.6 Å². The Labute approximate surface area is 127 Å². The Morgan fingerprint density at radius 2 is 2.00 bits per heavy atom. The largest absolute Gasteiger partial charge is 0.314 e. The van der Waals surface area contributed by atoms with Crippen LogP contribution in [0.3, 0.4) is 0 Å². The Kier molecular flexibility index (Phi) is 9.02. The summed E-state index contributed by atoms with van der Waals surface area (Å²) in [7, 11) is 0. The fourth-order valence-electron chi connectivity index (χ4n) is 2.23. The number of Topliss-reactive ketones (excluding diaryl/α,β-unsaturated/α-hetero) is 1. The van der Waals surface area contributed by atoms with Gasteiger partial charge in [0.05, 0.1) is 0 Å². The van der Waals surface area contributed by atoms with Crippen molar-refractivity contribution in [2.75, 3.05) is 26.2 Å². The van der Waals surface area contributed by atoms with Crippen LogP contribution in [0, 0.1) is 0 Å². The van der Waals surface area contributed by atoms with Crippen molar-refractivity contribution in [3.05, 3.63) is 35.9 Å². The zero-order valence-electron chi connectivity index (χ0n) is 11.2. The summed E-state index contributed by atoms with van der Waals surface area (Å²) < 4.78 is 0. The summed E-state index contributed by atoms with van der Waals surface area (Å²) in [6.07, 6.45) is 0.619. The van der Waals surface area contributed by atoms with Crippen molar-refractivity contribution in [1.82, 2.24) is 10.2 Å². The normalized spacial score (nSPS) is 19.1. The second kappa shape index (κ2) is 9.32. The van der Waals surface area contributed by atoms with Crippen LogP contribution in [0.1, 0.15) is 23.7 Å². The minimum Gasteiger partial charge on any atom is -0.314 e. The van der Waals surface area contributed by atoms with Crippen molar-refractivity contribution in [3.8, 4) is 0 Å². The summed E-state index contributed by atoms with van der Waals surface area (Å²) in [6, 6.07) is 10.1. The number of hydrogen-bond donors (Lipinski definition) is 1. The van der Waals surface area contributed by atoms with Gasteiger partial charge in [-0.3, -0.25) is 9.69 Å². The third-order valence-electron chi connectivity index (χ3n) is 3.36. The minimum atomic E-state index is 0. The van der Waals surface area contributed by atoms with E-state index in [-0.39, 0.29) is 30.6 Å². The second-order valence-corrected chi connectivity index (χ2v) is 4.63. The smallest absolute Gasteiger partial charge is 0.164 e. The molecule has 2 rings (SSSR count). The first-order valence-electron chi connectivity index (χ1n) is 6.30. The number of benzene rings is 1. The molecule has 108 valence electrons. The Hall–Kier alpha value is -0.610. The molecule has 0 radical (unpaired) electrons. The van der Waals surface area contributed by atoms with Crippen LogP contribution in [0.4, 0.5) is 0 Å². The Balaban J connectivity index is 0.00000162. The van der Waals surface area contributed by atoms with Crippen molar-refractivity contribution in [2.45, 2.75) is 19.4 Å². The molecule has 0 spiro atoms. The molecule has 1 fully saturated rings. The van der Waals surface area contributed by atoms with Crippen molar-refractivity contribution in [3.63, 3.8) is 0 Å². The lowest BCUT2D eigenvalue weighted by Crippen LogP contribution is -2.50. The first-order chi connectivity index (χ1) is 8.27. The zero-order chi connectivity index (χ0) is 12.1. The molecule has 5 heteroatoms. The molecule has 1 saturated heterocycles. The van der Waals surface area contributed by atoms with Crippen LogP contribution in [0.5, 0.6) is 0 Å². The van der Waals surface area contributed by atoms with E-state index in [1.54, 1.807) is 0 Å². The lowest BCUT2D eigenvalue weighted by atomic mass is 10.1. The summed E-state index contributed by atoms with van der Waals surface area (Å²) in [5.74, 6) is 0.247. The predicted molar refractivity (Wildman–Crippen MR) is 83.8 cm³/mol. The average molecular weight is 305 g/mol. The maximum Gasteiger partial charge on any atom is 0.164 e. The molecule has 0 bridgehead atoms. The van der Waals surface area contributed by atoms with Gasteiger partial charge in [0.1, 0.15) is 0 Å². The molecule has 0 amide bonds. The number of hydrogen-bond acceptors (Lipinski definition) is 3. The van der Waals surface area contributed by atoms with Gasteiger partial charge in [0.2, 0.25) is 0 Å². The minimum absolute atomic E-state index is 0. The van der Waals surface area contributed by atoms with Gasteiger partial charge in [0, 0.05) is 44.2 Å². The molecule has 0 aromatic heterocycles. The van der Waals surface area contributed by atoms with E-state index in [0.29, 0.717) is 12.5 Å². The highest BCUT2D eigenvalue weighted by atomic mass is 35.5. The van der Waals surface area contributed by atoms with Gasteiger partial charge in [-0.1, -0.05) is 30.3 Å². The van der Waals surface area contributed by atoms with E-state index < -0.39 is 0 Å². The molecule has 1 aromatic rings. The molecule has 1 heterocycles. The summed E-state index contributed by atoms with van der Waals surface area (Å²) in [4.78, 5) is 14.3. The molecular formula is C14H22Cl2N2O. The summed E-state index contributed by atoms with van der Waals surface area (Å²) in [5.41, 5.74) is 0.829. The molecule has 0 aliphatic carbocycles. The number of halogens is 2. The van der Waals surface area contributed by atoms with Crippen LogP contribution in [0.2, 0.25) is 0 Å². The van der Waals surface area contributed by atoms with Gasteiger partial charge in [-0.25, -0.2) is 0 Å². The molecule has 1 aliphatic heterocycles. The van der Waals surface area contributed by atoms with Crippen molar-refractivity contribution < 1.29 is 4.79 Å². The molecule has 19 heavy (non-hydrogen) atoms. The highest BCUT2D eigenvalue weighted by Crippen LogP contribution is 2.07. The van der Waals surface area contributed by atoms with Gasteiger partial charge in [0.15, 0.2) is 5.78 Å². The van der Waals surface area contributed by atoms with Crippen LogP contribution in [-0.2, 0) is 0 Å². The van der Waals surface area contributed by atoms with E-state index in [4.69, 9.17) is 0 Å². The van der Waals surface area contributed by atoms with Gasteiger partial charge in [-0.05, 0) is 6.92 Å². The lowest BCUT2D eigenvalue weighted by Gasteiger charge is -2.33. The first-order valence-corrected chi connectivity index (χ1v) is 6.30. The quantitative estimate of drug-likeness (QED) is 0.867.